The second-order valence-electron chi connectivity index (χ2n) is 4.13. The van der Waals surface area contributed by atoms with Crippen molar-refractivity contribution in [3.8, 4) is 0 Å². The smallest absolute Gasteiger partial charge is 0.0205 e. The lowest BCUT2D eigenvalue weighted by atomic mass is 10.2. The van der Waals surface area contributed by atoms with Crippen molar-refractivity contribution in [1.82, 2.24) is 10.6 Å². The van der Waals surface area contributed by atoms with Gasteiger partial charge in [0.05, 0.1) is 0 Å². The average molecular weight is 252 g/mol. The molecule has 0 bridgehead atoms. The first kappa shape index (κ1) is 14.6. The highest BCUT2D eigenvalue weighted by atomic mass is 32.2. The molecule has 96 valence electrons. The first-order chi connectivity index (χ1) is 8.36. The largest absolute Gasteiger partial charge is 0.317 e. The van der Waals surface area contributed by atoms with Crippen molar-refractivity contribution >= 4 is 11.8 Å². The monoisotopic (exact) mass is 252 g/mol. The van der Waals surface area contributed by atoms with Gasteiger partial charge < -0.3 is 10.6 Å². The molecule has 0 radical (unpaired) electrons. The van der Waals surface area contributed by atoms with Crippen LogP contribution in [0.15, 0.2) is 29.2 Å². The molecule has 0 saturated carbocycles. The summed E-state index contributed by atoms with van der Waals surface area (Å²) in [6.45, 7) is 6.51. The van der Waals surface area contributed by atoms with E-state index in [1.165, 1.54) is 23.3 Å². The maximum atomic E-state index is 3.47. The number of hydrogen-bond donors (Lipinski definition) is 2. The van der Waals surface area contributed by atoms with Crippen LogP contribution in [0.5, 0.6) is 0 Å². The van der Waals surface area contributed by atoms with Gasteiger partial charge in [0, 0.05) is 11.4 Å². The molecular weight excluding hydrogens is 228 g/mol. The maximum absolute atomic E-state index is 3.47. The molecule has 0 aliphatic rings. The minimum absolute atomic E-state index is 0.975. The van der Waals surface area contributed by atoms with Crippen molar-refractivity contribution in [3.63, 3.8) is 0 Å². The highest BCUT2D eigenvalue weighted by Gasteiger charge is 1.93. The molecule has 0 aromatic heterocycles. The van der Waals surface area contributed by atoms with Crippen LogP contribution in [0, 0.1) is 0 Å². The SMILES string of the molecule is CCCNCCCNCc1ccc(SC)cc1. The Hall–Kier alpha value is -0.510. The molecule has 0 spiro atoms. The molecule has 0 saturated heterocycles. The number of thioether (sulfide) groups is 1. The zero-order valence-electron chi connectivity index (χ0n) is 11.0. The van der Waals surface area contributed by atoms with Gasteiger partial charge in [-0.05, 0) is 56.4 Å². The quantitative estimate of drug-likeness (QED) is 0.522. The zero-order valence-corrected chi connectivity index (χ0v) is 11.8. The third-order valence-electron chi connectivity index (χ3n) is 2.62. The summed E-state index contributed by atoms with van der Waals surface area (Å²) in [5.74, 6) is 0. The van der Waals surface area contributed by atoms with Crippen molar-refractivity contribution in [1.29, 1.82) is 0 Å². The van der Waals surface area contributed by atoms with Gasteiger partial charge in [-0.1, -0.05) is 19.1 Å². The average Bonchev–Trinajstić information content (AvgIpc) is 2.38. The van der Waals surface area contributed by atoms with Crippen LogP contribution in [-0.2, 0) is 6.54 Å². The number of hydrogen-bond acceptors (Lipinski definition) is 3. The lowest BCUT2D eigenvalue weighted by Gasteiger charge is -2.06. The molecule has 0 unspecified atom stereocenters. The van der Waals surface area contributed by atoms with E-state index in [1.54, 1.807) is 11.8 Å². The van der Waals surface area contributed by atoms with Gasteiger partial charge in [-0.15, -0.1) is 11.8 Å². The van der Waals surface area contributed by atoms with E-state index >= 15 is 0 Å². The predicted molar refractivity (Wildman–Crippen MR) is 77.7 cm³/mol. The highest BCUT2D eigenvalue weighted by molar-refractivity contribution is 7.98. The molecular formula is C14H24N2S. The van der Waals surface area contributed by atoms with E-state index in [0.717, 1.165) is 26.2 Å². The van der Waals surface area contributed by atoms with Gasteiger partial charge in [0.15, 0.2) is 0 Å². The molecule has 0 aliphatic heterocycles. The van der Waals surface area contributed by atoms with E-state index in [2.05, 4.69) is 48.1 Å². The van der Waals surface area contributed by atoms with E-state index in [0.29, 0.717) is 0 Å². The molecule has 0 atom stereocenters. The van der Waals surface area contributed by atoms with Crippen LogP contribution in [-0.4, -0.2) is 25.9 Å². The first-order valence-corrected chi connectivity index (χ1v) is 7.63. The third kappa shape index (κ3) is 6.71. The third-order valence-corrected chi connectivity index (χ3v) is 3.37. The van der Waals surface area contributed by atoms with E-state index < -0.39 is 0 Å². The van der Waals surface area contributed by atoms with Gasteiger partial charge in [0.2, 0.25) is 0 Å². The van der Waals surface area contributed by atoms with E-state index in [1.807, 2.05) is 0 Å². The van der Waals surface area contributed by atoms with Crippen LogP contribution < -0.4 is 10.6 Å². The van der Waals surface area contributed by atoms with Gasteiger partial charge >= 0.3 is 0 Å². The Balaban J connectivity index is 2.05. The summed E-state index contributed by atoms with van der Waals surface area (Å²) in [6, 6.07) is 8.78. The Kier molecular flexibility index (Phi) is 8.14. The highest BCUT2D eigenvalue weighted by Crippen LogP contribution is 2.14. The van der Waals surface area contributed by atoms with Crippen LogP contribution in [0.4, 0.5) is 0 Å². The van der Waals surface area contributed by atoms with Crippen LogP contribution in [0.3, 0.4) is 0 Å². The molecule has 17 heavy (non-hydrogen) atoms. The molecule has 1 aromatic rings. The molecule has 1 aromatic carbocycles. The normalized spacial score (nSPS) is 10.7. The van der Waals surface area contributed by atoms with Crippen molar-refractivity contribution in [2.75, 3.05) is 25.9 Å². The van der Waals surface area contributed by atoms with Gasteiger partial charge in [-0.25, -0.2) is 0 Å². The summed E-state index contributed by atoms with van der Waals surface area (Å²) in [4.78, 5) is 1.33. The molecule has 0 aliphatic carbocycles. The summed E-state index contributed by atoms with van der Waals surface area (Å²) in [5, 5.41) is 6.88. The topological polar surface area (TPSA) is 24.1 Å². The van der Waals surface area contributed by atoms with E-state index in [9.17, 15) is 0 Å². The number of nitrogens with one attached hydrogen (secondary N) is 2. The number of rotatable bonds is 9. The predicted octanol–water partition coefficient (Wildman–Crippen LogP) is 2.89. The van der Waals surface area contributed by atoms with Crippen LogP contribution in [0.25, 0.3) is 0 Å². The lowest BCUT2D eigenvalue weighted by molar-refractivity contribution is 0.592. The maximum Gasteiger partial charge on any atom is 0.0205 e. The molecule has 0 heterocycles. The second kappa shape index (κ2) is 9.51. The van der Waals surface area contributed by atoms with Crippen molar-refractivity contribution in [2.24, 2.45) is 0 Å². The van der Waals surface area contributed by atoms with Gasteiger partial charge in [0.1, 0.15) is 0 Å². The van der Waals surface area contributed by atoms with Crippen molar-refractivity contribution in [3.05, 3.63) is 29.8 Å². The van der Waals surface area contributed by atoms with Crippen molar-refractivity contribution < 1.29 is 0 Å². The Labute approximate surface area is 110 Å². The minimum Gasteiger partial charge on any atom is -0.317 e. The Morgan fingerprint density at radius 1 is 1.00 bits per heavy atom. The summed E-state index contributed by atoms with van der Waals surface area (Å²) < 4.78 is 0. The molecule has 2 N–H and O–H groups in total. The summed E-state index contributed by atoms with van der Waals surface area (Å²) in [5.41, 5.74) is 1.37. The fraction of sp³-hybridized carbons (Fsp3) is 0.571. The fourth-order valence-corrected chi connectivity index (χ4v) is 2.02. The van der Waals surface area contributed by atoms with Crippen LogP contribution >= 0.6 is 11.8 Å². The summed E-state index contributed by atoms with van der Waals surface area (Å²) >= 11 is 1.79. The Bertz CT molecular complexity index is 285. The Morgan fingerprint density at radius 3 is 2.35 bits per heavy atom. The summed E-state index contributed by atoms with van der Waals surface area (Å²) in [6.07, 6.45) is 4.52. The number of benzene rings is 1. The lowest BCUT2D eigenvalue weighted by Crippen LogP contribution is -2.22. The van der Waals surface area contributed by atoms with Crippen LogP contribution in [0.2, 0.25) is 0 Å². The van der Waals surface area contributed by atoms with Crippen molar-refractivity contribution in [2.45, 2.75) is 31.2 Å². The molecule has 0 amide bonds. The van der Waals surface area contributed by atoms with Gasteiger partial charge in [-0.3, -0.25) is 0 Å². The van der Waals surface area contributed by atoms with Gasteiger partial charge in [0.25, 0.3) is 0 Å². The molecule has 0 fully saturated rings. The standard InChI is InChI=1S/C14H24N2S/c1-3-9-15-10-4-11-16-12-13-5-7-14(17-2)8-6-13/h5-8,15-16H,3-4,9-12H2,1-2H3. The van der Waals surface area contributed by atoms with Gasteiger partial charge in [-0.2, -0.15) is 0 Å². The second-order valence-corrected chi connectivity index (χ2v) is 5.01. The summed E-state index contributed by atoms with van der Waals surface area (Å²) in [7, 11) is 0. The molecule has 1 rings (SSSR count). The zero-order chi connectivity index (χ0) is 12.3. The Morgan fingerprint density at radius 2 is 1.71 bits per heavy atom. The van der Waals surface area contributed by atoms with E-state index in [4.69, 9.17) is 0 Å². The fourth-order valence-electron chi connectivity index (χ4n) is 1.62. The molecule has 2 nitrogen and oxygen atoms in total. The van der Waals surface area contributed by atoms with Crippen LogP contribution in [0.1, 0.15) is 25.3 Å². The minimum atomic E-state index is 0.975. The van der Waals surface area contributed by atoms with E-state index in [-0.39, 0.29) is 0 Å². The first-order valence-electron chi connectivity index (χ1n) is 6.41. The molecule has 3 heteroatoms.